The quantitative estimate of drug-likeness (QED) is 0.353. The van der Waals surface area contributed by atoms with Crippen LogP contribution in [-0.4, -0.2) is 17.9 Å². The minimum Gasteiger partial charge on any atom is -0.485 e. The average molecular weight is 408 g/mol. The zero-order valence-electron chi connectivity index (χ0n) is 18.4. The highest BCUT2D eigenvalue weighted by Gasteiger charge is 2.37. The minimum absolute atomic E-state index is 0.124. The van der Waals surface area contributed by atoms with Crippen LogP contribution in [0.4, 0.5) is 5.69 Å². The van der Waals surface area contributed by atoms with Crippen LogP contribution in [0.1, 0.15) is 58.3 Å². The molecule has 1 atom stereocenters. The molecule has 158 valence electrons. The van der Waals surface area contributed by atoms with E-state index in [0.717, 1.165) is 40.1 Å². The number of anilines is 1. The fourth-order valence-corrected chi connectivity index (χ4v) is 4.67. The summed E-state index contributed by atoms with van der Waals surface area (Å²) in [5.41, 5.74) is 7.50. The molecule has 2 heterocycles. The van der Waals surface area contributed by atoms with Gasteiger partial charge in [-0.3, -0.25) is 4.84 Å². The van der Waals surface area contributed by atoms with E-state index >= 15 is 0 Å². The Kier molecular flexibility index (Phi) is 5.12. The zero-order valence-corrected chi connectivity index (χ0v) is 18.4. The van der Waals surface area contributed by atoms with Gasteiger partial charge in [0, 0.05) is 23.1 Å². The van der Waals surface area contributed by atoms with E-state index in [0.29, 0.717) is 5.75 Å². The predicted molar refractivity (Wildman–Crippen MR) is 120 cm³/mol. The van der Waals surface area contributed by atoms with Gasteiger partial charge in [-0.25, -0.2) is 10.3 Å². The molecule has 1 unspecified atom stereocenters. The average Bonchev–Trinajstić information content (AvgIpc) is 2.70. The smallest absolute Gasteiger partial charge is 0.166 e. The minimum atomic E-state index is -0.263. The van der Waals surface area contributed by atoms with Crippen LogP contribution in [0, 0.1) is 0 Å². The Balaban J connectivity index is 1.99. The molecule has 2 aromatic rings. The molecular weight excluding hydrogens is 378 g/mol. The lowest BCUT2D eigenvalue weighted by atomic mass is 9.81. The lowest BCUT2D eigenvalue weighted by Crippen LogP contribution is -2.44. The summed E-state index contributed by atoms with van der Waals surface area (Å²) in [7, 11) is 1.71. The molecule has 4 rings (SSSR count). The highest BCUT2D eigenvalue weighted by atomic mass is 17.1. The third-order valence-electron chi connectivity index (χ3n) is 5.79. The van der Waals surface area contributed by atoms with E-state index in [1.165, 1.54) is 11.1 Å². The molecule has 1 N–H and O–H groups in total. The first-order valence-corrected chi connectivity index (χ1v) is 10.2. The molecule has 0 spiro atoms. The van der Waals surface area contributed by atoms with E-state index in [2.05, 4.69) is 63.8 Å². The van der Waals surface area contributed by atoms with Crippen LogP contribution >= 0.6 is 0 Å². The molecule has 0 aliphatic carbocycles. The van der Waals surface area contributed by atoms with Crippen molar-refractivity contribution in [2.75, 3.05) is 12.2 Å². The number of fused-ring (bicyclic) bond motifs is 5. The van der Waals surface area contributed by atoms with Gasteiger partial charge in [-0.15, -0.1) is 0 Å². The van der Waals surface area contributed by atoms with Crippen LogP contribution in [0.15, 0.2) is 48.1 Å². The second-order valence-corrected chi connectivity index (χ2v) is 8.75. The van der Waals surface area contributed by atoms with Crippen LogP contribution in [0.25, 0.3) is 16.7 Å². The molecule has 0 bridgehead atoms. The predicted octanol–water partition coefficient (Wildman–Crippen LogP) is 6.56. The van der Waals surface area contributed by atoms with Crippen LogP contribution in [0.2, 0.25) is 0 Å². The lowest BCUT2D eigenvalue weighted by Gasteiger charge is -2.43. The molecule has 0 saturated carbocycles. The first kappa shape index (κ1) is 20.5. The number of rotatable bonds is 4. The molecule has 0 amide bonds. The maximum atomic E-state index is 9.16. The molecule has 30 heavy (non-hydrogen) atoms. The van der Waals surface area contributed by atoms with Gasteiger partial charge < -0.3 is 9.62 Å². The highest BCUT2D eigenvalue weighted by molar-refractivity contribution is 5.90. The van der Waals surface area contributed by atoms with Crippen molar-refractivity contribution in [3.63, 3.8) is 0 Å². The van der Waals surface area contributed by atoms with Gasteiger partial charge in [0.2, 0.25) is 0 Å². The van der Waals surface area contributed by atoms with E-state index < -0.39 is 0 Å². The van der Waals surface area contributed by atoms with Crippen LogP contribution in [0.3, 0.4) is 0 Å². The van der Waals surface area contributed by atoms with E-state index in [9.17, 15) is 0 Å². The molecule has 2 aliphatic rings. The number of allylic oxidation sites excluding steroid dienone is 2. The molecule has 0 fully saturated rings. The molecule has 2 aromatic carbocycles. The van der Waals surface area contributed by atoms with Crippen molar-refractivity contribution in [3.05, 3.63) is 59.2 Å². The number of benzene rings is 2. The van der Waals surface area contributed by atoms with E-state index in [1.807, 2.05) is 17.2 Å². The molecule has 5 nitrogen and oxygen atoms in total. The molecular formula is C25H29NO4. The van der Waals surface area contributed by atoms with Gasteiger partial charge in [0.05, 0.1) is 18.3 Å². The Morgan fingerprint density at radius 2 is 1.97 bits per heavy atom. The van der Waals surface area contributed by atoms with Gasteiger partial charge in [0.25, 0.3) is 0 Å². The number of hydrogen-bond donors (Lipinski definition) is 1. The Labute approximate surface area is 178 Å². The van der Waals surface area contributed by atoms with Gasteiger partial charge >= 0.3 is 0 Å². The molecule has 5 heteroatoms. The summed E-state index contributed by atoms with van der Waals surface area (Å²) >= 11 is 0. The van der Waals surface area contributed by atoms with Gasteiger partial charge in [0.1, 0.15) is 11.9 Å². The van der Waals surface area contributed by atoms with Gasteiger partial charge in [-0.1, -0.05) is 23.8 Å². The van der Waals surface area contributed by atoms with Crippen molar-refractivity contribution < 1.29 is 19.7 Å². The summed E-state index contributed by atoms with van der Waals surface area (Å²) in [5, 5.41) is 11.1. The fraction of sp³-hybridized carbons (Fsp3) is 0.360. The maximum Gasteiger partial charge on any atom is 0.166 e. The van der Waals surface area contributed by atoms with Gasteiger partial charge in [-0.2, -0.15) is 0 Å². The van der Waals surface area contributed by atoms with E-state index in [1.54, 1.807) is 13.2 Å². The van der Waals surface area contributed by atoms with E-state index in [-0.39, 0.29) is 11.6 Å². The Hall–Kier alpha value is -2.76. The molecule has 0 aromatic heterocycles. The summed E-state index contributed by atoms with van der Waals surface area (Å²) in [5.74, 6) is 1.17. The SMILES string of the molecule is CON1c2ccc3c(c2C(C)=CC1(C)C)C(CC=C(C)C)Oc1ccc(OO)cc1-3. The Morgan fingerprint density at radius 1 is 1.20 bits per heavy atom. The van der Waals surface area contributed by atoms with Crippen LogP contribution in [0.5, 0.6) is 11.5 Å². The van der Waals surface area contributed by atoms with Crippen molar-refractivity contribution in [2.24, 2.45) is 0 Å². The first-order chi connectivity index (χ1) is 14.3. The monoisotopic (exact) mass is 407 g/mol. The van der Waals surface area contributed by atoms with Gasteiger partial charge in [0.15, 0.2) is 5.75 Å². The van der Waals surface area contributed by atoms with Crippen LogP contribution in [-0.2, 0) is 4.84 Å². The number of ether oxygens (including phenoxy) is 1. The molecule has 0 saturated heterocycles. The second-order valence-electron chi connectivity index (χ2n) is 8.75. The molecule has 0 radical (unpaired) electrons. The summed E-state index contributed by atoms with van der Waals surface area (Å²) in [6.07, 6.45) is 5.10. The van der Waals surface area contributed by atoms with Crippen molar-refractivity contribution in [1.29, 1.82) is 0 Å². The van der Waals surface area contributed by atoms with Crippen LogP contribution < -0.4 is 14.7 Å². The maximum absolute atomic E-state index is 9.16. The van der Waals surface area contributed by atoms with Crippen molar-refractivity contribution in [1.82, 2.24) is 0 Å². The largest absolute Gasteiger partial charge is 0.485 e. The third kappa shape index (κ3) is 3.28. The first-order valence-electron chi connectivity index (χ1n) is 10.2. The summed E-state index contributed by atoms with van der Waals surface area (Å²) in [4.78, 5) is 10.3. The number of hydrogen-bond acceptors (Lipinski definition) is 5. The summed E-state index contributed by atoms with van der Waals surface area (Å²) in [6.45, 7) is 10.6. The summed E-state index contributed by atoms with van der Waals surface area (Å²) < 4.78 is 6.48. The summed E-state index contributed by atoms with van der Waals surface area (Å²) in [6, 6.07) is 9.60. The zero-order chi connectivity index (χ0) is 21.6. The Morgan fingerprint density at radius 3 is 2.63 bits per heavy atom. The fourth-order valence-electron chi connectivity index (χ4n) is 4.67. The van der Waals surface area contributed by atoms with Crippen molar-refractivity contribution >= 4 is 11.3 Å². The third-order valence-corrected chi connectivity index (χ3v) is 5.79. The van der Waals surface area contributed by atoms with Gasteiger partial charge in [-0.05, 0) is 70.0 Å². The lowest BCUT2D eigenvalue weighted by molar-refractivity contribution is -0.137. The highest BCUT2D eigenvalue weighted by Crippen LogP contribution is 2.52. The standard InChI is InChI=1S/C25H29NO4/c1-15(2)7-11-22-24-18(19-13-17(30-27)8-12-21(19)29-22)9-10-20-23(24)16(3)14-25(4,5)26(20)28-6/h7-10,12-14,22,27H,11H2,1-6H3. The second kappa shape index (κ2) is 7.49. The molecule has 2 aliphatic heterocycles. The normalized spacial score (nSPS) is 18.4. The number of hydroxylamine groups is 1. The van der Waals surface area contributed by atoms with Crippen molar-refractivity contribution in [3.8, 4) is 22.6 Å². The van der Waals surface area contributed by atoms with Crippen molar-refractivity contribution in [2.45, 2.75) is 52.7 Å². The topological polar surface area (TPSA) is 51.2 Å². The van der Waals surface area contributed by atoms with E-state index in [4.69, 9.17) is 14.8 Å². The Bertz CT molecular complexity index is 1050. The number of nitrogens with zero attached hydrogens (tertiary/aromatic N) is 1.